The minimum Gasteiger partial charge on any atom is -0.497 e. The summed E-state index contributed by atoms with van der Waals surface area (Å²) >= 11 is 3.29. The lowest BCUT2D eigenvalue weighted by molar-refractivity contribution is 0.0628. The van der Waals surface area contributed by atoms with E-state index in [-0.39, 0.29) is 6.04 Å². The van der Waals surface area contributed by atoms with Crippen LogP contribution in [0, 0.1) is 6.92 Å². The third kappa shape index (κ3) is 4.14. The average molecular weight is 449 g/mol. The molecule has 0 saturated carbocycles. The molecule has 1 aliphatic rings. The van der Waals surface area contributed by atoms with Crippen molar-refractivity contribution in [3.63, 3.8) is 0 Å². The number of aryl methyl sites for hydroxylation is 1. The highest BCUT2D eigenvalue weighted by Crippen LogP contribution is 2.35. The largest absolute Gasteiger partial charge is 0.497 e. The monoisotopic (exact) mass is 448 g/mol. The molecule has 0 bridgehead atoms. The van der Waals surface area contributed by atoms with Gasteiger partial charge in [0.05, 0.1) is 18.2 Å². The van der Waals surface area contributed by atoms with E-state index in [9.17, 15) is 0 Å². The summed E-state index contributed by atoms with van der Waals surface area (Å²) in [5.41, 5.74) is 4.74. The Kier molecular flexibility index (Phi) is 5.59. The predicted octanol–water partition coefficient (Wildman–Crippen LogP) is 5.18. The van der Waals surface area contributed by atoms with Crippen molar-refractivity contribution in [3.05, 3.63) is 76.0 Å². The quantitative estimate of drug-likeness (QED) is 0.454. The second-order valence-corrected chi connectivity index (χ2v) is 9.41. The van der Waals surface area contributed by atoms with Gasteiger partial charge in [-0.15, -0.1) is 21.5 Å². The Morgan fingerprint density at radius 3 is 2.68 bits per heavy atom. The highest BCUT2D eigenvalue weighted by atomic mass is 32.2. The Hall–Kier alpha value is -2.94. The number of aliphatic imine (C=N–C) groups is 1. The van der Waals surface area contributed by atoms with E-state index in [2.05, 4.69) is 34.7 Å². The van der Waals surface area contributed by atoms with Crippen molar-refractivity contribution in [3.8, 4) is 5.75 Å². The van der Waals surface area contributed by atoms with Gasteiger partial charge < -0.3 is 4.74 Å². The van der Waals surface area contributed by atoms with Crippen LogP contribution in [0.5, 0.6) is 5.75 Å². The fourth-order valence-corrected chi connectivity index (χ4v) is 5.18. The van der Waals surface area contributed by atoms with Crippen LogP contribution in [0.1, 0.15) is 21.4 Å². The van der Waals surface area contributed by atoms with Gasteiger partial charge in [-0.1, -0.05) is 30.0 Å². The van der Waals surface area contributed by atoms with E-state index in [4.69, 9.17) is 14.6 Å². The van der Waals surface area contributed by atoms with E-state index in [0.29, 0.717) is 12.4 Å². The van der Waals surface area contributed by atoms with Gasteiger partial charge in [0, 0.05) is 20.0 Å². The van der Waals surface area contributed by atoms with Crippen molar-refractivity contribution >= 4 is 39.8 Å². The number of rotatable bonds is 5. The Bertz CT molecular complexity index is 1250. The van der Waals surface area contributed by atoms with Gasteiger partial charge in [0.2, 0.25) is 0 Å². The number of ether oxygens (including phenoxy) is 1. The maximum absolute atomic E-state index is 5.75. The maximum Gasteiger partial charge on any atom is 0.156 e. The summed E-state index contributed by atoms with van der Waals surface area (Å²) in [7, 11) is 1.66. The lowest BCUT2D eigenvalue weighted by Gasteiger charge is -2.23. The van der Waals surface area contributed by atoms with Gasteiger partial charge in [0.1, 0.15) is 23.4 Å². The topological polar surface area (TPSA) is 68.6 Å². The molecule has 1 aliphatic heterocycles. The second kappa shape index (κ2) is 8.66. The Balaban J connectivity index is 1.60. The molecular formula is C23H20N4O2S2. The van der Waals surface area contributed by atoms with Gasteiger partial charge in [0.15, 0.2) is 5.84 Å². The zero-order valence-corrected chi connectivity index (χ0v) is 18.7. The second-order valence-electron chi connectivity index (χ2n) is 7.03. The molecule has 0 aliphatic carbocycles. The predicted molar refractivity (Wildman–Crippen MR) is 124 cm³/mol. The van der Waals surface area contributed by atoms with E-state index >= 15 is 0 Å². The van der Waals surface area contributed by atoms with Crippen molar-refractivity contribution in [2.24, 2.45) is 4.99 Å². The summed E-state index contributed by atoms with van der Waals surface area (Å²) < 4.78 is 5.27. The zero-order chi connectivity index (χ0) is 21.2. The highest BCUT2D eigenvalue weighted by Gasteiger charge is 2.24. The number of hydroxylamine groups is 1. The number of benzene rings is 2. The minimum absolute atomic E-state index is 0.0549. The Morgan fingerprint density at radius 1 is 1.06 bits per heavy atom. The van der Waals surface area contributed by atoms with Crippen LogP contribution in [0.2, 0.25) is 0 Å². The van der Waals surface area contributed by atoms with E-state index in [0.717, 1.165) is 32.1 Å². The van der Waals surface area contributed by atoms with E-state index in [1.807, 2.05) is 48.5 Å². The van der Waals surface area contributed by atoms with Gasteiger partial charge in [-0.05, 0) is 49.4 Å². The van der Waals surface area contributed by atoms with Crippen LogP contribution < -0.4 is 10.2 Å². The molecule has 8 heteroatoms. The molecule has 0 fully saturated rings. The molecule has 5 rings (SSSR count). The van der Waals surface area contributed by atoms with Crippen LogP contribution in [-0.2, 0) is 4.84 Å². The summed E-state index contributed by atoms with van der Waals surface area (Å²) in [5, 5.41) is 10.7. The molecule has 6 nitrogen and oxygen atoms in total. The van der Waals surface area contributed by atoms with Crippen LogP contribution in [0.25, 0.3) is 10.9 Å². The molecule has 1 atom stereocenters. The third-order valence-corrected chi connectivity index (χ3v) is 7.02. The van der Waals surface area contributed by atoms with Crippen LogP contribution in [0.3, 0.4) is 0 Å². The standard InChI is InChI=1S/C23H20N4O2S2/c1-14-7-12-20(30-14)19-13-29-27-22(24-19)21-17-5-3-4-6-18(17)25-26-23(21)31-16-10-8-15(28-2)9-11-16/h3-12,19H,13H2,1-2H3,(H,24,27)/t19-/m1/s1. The fraction of sp³-hybridized carbons (Fsp3) is 0.174. The smallest absolute Gasteiger partial charge is 0.156 e. The first kappa shape index (κ1) is 20.0. The van der Waals surface area contributed by atoms with Crippen LogP contribution >= 0.6 is 23.1 Å². The number of nitrogens with one attached hydrogen (secondary N) is 1. The third-order valence-electron chi connectivity index (χ3n) is 4.93. The SMILES string of the molecule is COc1ccc(Sc2nnc3ccccc3c2C2=N[C@@H](c3ccc(C)s3)CON2)cc1. The number of aromatic nitrogens is 2. The highest BCUT2D eigenvalue weighted by molar-refractivity contribution is 7.99. The molecule has 0 radical (unpaired) electrons. The molecule has 4 aromatic rings. The number of hydrogen-bond donors (Lipinski definition) is 1. The van der Waals surface area contributed by atoms with E-state index in [1.54, 1.807) is 30.2 Å². The fourth-order valence-electron chi connectivity index (χ4n) is 3.39. The molecule has 2 aromatic heterocycles. The number of fused-ring (bicyclic) bond motifs is 1. The summed E-state index contributed by atoms with van der Waals surface area (Å²) in [5.74, 6) is 1.49. The molecule has 3 heterocycles. The molecule has 0 unspecified atom stereocenters. The van der Waals surface area contributed by atoms with Gasteiger partial charge in [-0.25, -0.2) is 5.48 Å². The molecular weight excluding hydrogens is 428 g/mol. The number of nitrogens with zero attached hydrogens (tertiary/aromatic N) is 3. The van der Waals surface area contributed by atoms with Crippen molar-refractivity contribution in [2.75, 3.05) is 13.7 Å². The van der Waals surface area contributed by atoms with Crippen molar-refractivity contribution in [1.29, 1.82) is 0 Å². The van der Waals surface area contributed by atoms with E-state index in [1.165, 1.54) is 9.75 Å². The van der Waals surface area contributed by atoms with Crippen LogP contribution in [-0.4, -0.2) is 29.7 Å². The molecule has 31 heavy (non-hydrogen) atoms. The van der Waals surface area contributed by atoms with E-state index < -0.39 is 0 Å². The van der Waals surface area contributed by atoms with Crippen molar-refractivity contribution in [2.45, 2.75) is 22.9 Å². The molecule has 0 amide bonds. The first-order valence-corrected chi connectivity index (χ1v) is 11.4. The molecule has 156 valence electrons. The zero-order valence-electron chi connectivity index (χ0n) is 17.0. The summed E-state index contributed by atoms with van der Waals surface area (Å²) in [6.07, 6.45) is 0. The minimum atomic E-state index is -0.0549. The lowest BCUT2D eigenvalue weighted by atomic mass is 10.1. The van der Waals surface area contributed by atoms with Crippen LogP contribution in [0.15, 0.2) is 75.6 Å². The van der Waals surface area contributed by atoms with Gasteiger partial charge in [-0.3, -0.25) is 9.83 Å². The Labute approximate surface area is 188 Å². The summed E-state index contributed by atoms with van der Waals surface area (Å²) in [6, 6.07) is 20.0. The molecule has 0 saturated heterocycles. The van der Waals surface area contributed by atoms with Crippen LogP contribution in [0.4, 0.5) is 0 Å². The average Bonchev–Trinajstić information content (AvgIpc) is 3.26. The first-order chi connectivity index (χ1) is 15.2. The number of methoxy groups -OCH3 is 1. The normalized spacial score (nSPS) is 16.1. The van der Waals surface area contributed by atoms with Crippen molar-refractivity contribution < 1.29 is 9.57 Å². The van der Waals surface area contributed by atoms with Gasteiger partial charge >= 0.3 is 0 Å². The molecule has 2 aromatic carbocycles. The molecule has 1 N–H and O–H groups in total. The number of hydrogen-bond acceptors (Lipinski definition) is 8. The molecule has 0 spiro atoms. The lowest BCUT2D eigenvalue weighted by Crippen LogP contribution is -2.33. The number of amidine groups is 1. The van der Waals surface area contributed by atoms with Crippen molar-refractivity contribution in [1.82, 2.24) is 15.7 Å². The van der Waals surface area contributed by atoms with Gasteiger partial charge in [-0.2, -0.15) is 0 Å². The maximum atomic E-state index is 5.75. The summed E-state index contributed by atoms with van der Waals surface area (Å²) in [6.45, 7) is 2.59. The first-order valence-electron chi connectivity index (χ1n) is 9.81. The Morgan fingerprint density at radius 2 is 1.90 bits per heavy atom. The van der Waals surface area contributed by atoms with Gasteiger partial charge in [0.25, 0.3) is 0 Å². The summed E-state index contributed by atoms with van der Waals surface area (Å²) in [4.78, 5) is 14.2. The number of thiophene rings is 1.